The molecule has 0 fully saturated rings. The predicted octanol–water partition coefficient (Wildman–Crippen LogP) is 2.11. The quantitative estimate of drug-likeness (QED) is 0.869. The fourth-order valence-electron chi connectivity index (χ4n) is 3.25. The van der Waals surface area contributed by atoms with Gasteiger partial charge in [0.2, 0.25) is 0 Å². The molecule has 0 aliphatic carbocycles. The molecular formula is C20H26N4O3. The van der Waals surface area contributed by atoms with Crippen LogP contribution in [0.15, 0.2) is 24.3 Å². The van der Waals surface area contributed by atoms with Crippen LogP contribution < -0.4 is 14.8 Å². The summed E-state index contributed by atoms with van der Waals surface area (Å²) in [4.78, 5) is 23.0. The normalized spacial score (nSPS) is 16.8. The Bertz CT molecular complexity index is 805. The van der Waals surface area contributed by atoms with Crippen LogP contribution in [0.4, 0.5) is 0 Å². The molecule has 0 bridgehead atoms. The lowest BCUT2D eigenvalue weighted by Crippen LogP contribution is -2.38. The molecule has 1 N–H and O–H groups in total. The molecule has 0 saturated carbocycles. The van der Waals surface area contributed by atoms with E-state index in [2.05, 4.69) is 20.2 Å². The number of nitrogens with one attached hydrogen (secondary N) is 1. The summed E-state index contributed by atoms with van der Waals surface area (Å²) < 4.78 is 11.3. The molecule has 0 saturated heterocycles. The highest BCUT2D eigenvalue weighted by Gasteiger charge is 2.20. The van der Waals surface area contributed by atoms with E-state index in [4.69, 9.17) is 9.47 Å². The first-order chi connectivity index (χ1) is 12.9. The highest BCUT2D eigenvalue weighted by atomic mass is 16.5. The summed E-state index contributed by atoms with van der Waals surface area (Å²) in [6, 6.07) is 7.60. The molecule has 3 rings (SSSR count). The first-order valence-corrected chi connectivity index (χ1v) is 9.11. The fourth-order valence-corrected chi connectivity index (χ4v) is 3.25. The number of aryl methyl sites for hydroxylation is 2. The standard InChI is InChI=1S/C20H26N4O3/c1-13-9-18(23-15(3)22-13)20(25)21-7-8-24-11-14(2)27-19-10-17(26-4)6-5-16(19)12-24/h5-6,9-10,14H,7-8,11-12H2,1-4H3,(H,21,25)/t14-/m0/s1. The summed E-state index contributed by atoms with van der Waals surface area (Å²) in [7, 11) is 1.65. The van der Waals surface area contributed by atoms with Crippen LogP contribution in [0, 0.1) is 13.8 Å². The molecular weight excluding hydrogens is 344 g/mol. The second-order valence-corrected chi connectivity index (χ2v) is 6.83. The van der Waals surface area contributed by atoms with E-state index < -0.39 is 0 Å². The number of hydrogen-bond acceptors (Lipinski definition) is 6. The van der Waals surface area contributed by atoms with Crippen LogP contribution in [0.2, 0.25) is 0 Å². The smallest absolute Gasteiger partial charge is 0.270 e. The Morgan fingerprint density at radius 3 is 2.89 bits per heavy atom. The van der Waals surface area contributed by atoms with Gasteiger partial charge in [0.25, 0.3) is 5.91 Å². The Morgan fingerprint density at radius 1 is 1.33 bits per heavy atom. The molecule has 2 heterocycles. The molecule has 0 radical (unpaired) electrons. The van der Waals surface area contributed by atoms with Crippen molar-refractivity contribution in [3.05, 3.63) is 47.0 Å². The number of rotatable bonds is 5. The molecule has 7 nitrogen and oxygen atoms in total. The second-order valence-electron chi connectivity index (χ2n) is 6.83. The molecule has 7 heteroatoms. The van der Waals surface area contributed by atoms with Gasteiger partial charge in [-0.25, -0.2) is 9.97 Å². The number of benzene rings is 1. The third-order valence-electron chi connectivity index (χ3n) is 4.42. The van der Waals surface area contributed by atoms with Crippen molar-refractivity contribution in [3.63, 3.8) is 0 Å². The lowest BCUT2D eigenvalue weighted by atomic mass is 10.2. The summed E-state index contributed by atoms with van der Waals surface area (Å²) in [5.74, 6) is 2.08. The summed E-state index contributed by atoms with van der Waals surface area (Å²) in [5, 5.41) is 2.95. The zero-order valence-electron chi connectivity index (χ0n) is 16.3. The summed E-state index contributed by atoms with van der Waals surface area (Å²) in [6.07, 6.45) is 0.0567. The SMILES string of the molecule is COc1ccc2c(c1)O[C@@H](C)CN(CCNC(=O)c1cc(C)nc(C)n1)C2. The largest absolute Gasteiger partial charge is 0.497 e. The minimum Gasteiger partial charge on any atom is -0.497 e. The highest BCUT2D eigenvalue weighted by Crippen LogP contribution is 2.29. The molecule has 1 aromatic carbocycles. The van der Waals surface area contributed by atoms with Crippen LogP contribution in [-0.2, 0) is 6.54 Å². The Hall–Kier alpha value is -2.67. The van der Waals surface area contributed by atoms with Crippen molar-refractivity contribution in [3.8, 4) is 11.5 Å². The van der Waals surface area contributed by atoms with Crippen molar-refractivity contribution < 1.29 is 14.3 Å². The predicted molar refractivity (Wildman–Crippen MR) is 102 cm³/mol. The molecule has 1 aromatic heterocycles. The van der Waals surface area contributed by atoms with E-state index in [9.17, 15) is 4.79 Å². The minimum absolute atomic E-state index is 0.0567. The van der Waals surface area contributed by atoms with E-state index in [1.165, 1.54) is 0 Å². The maximum absolute atomic E-state index is 12.3. The number of amides is 1. The minimum atomic E-state index is -0.173. The van der Waals surface area contributed by atoms with Gasteiger partial charge in [0.1, 0.15) is 29.1 Å². The molecule has 2 aromatic rings. The van der Waals surface area contributed by atoms with Crippen molar-refractivity contribution in [1.82, 2.24) is 20.2 Å². The molecule has 27 heavy (non-hydrogen) atoms. The number of aromatic nitrogens is 2. The van der Waals surface area contributed by atoms with Crippen molar-refractivity contribution in [2.45, 2.75) is 33.4 Å². The fraction of sp³-hybridized carbons (Fsp3) is 0.450. The zero-order valence-corrected chi connectivity index (χ0v) is 16.3. The van der Waals surface area contributed by atoms with Crippen LogP contribution in [0.1, 0.15) is 34.5 Å². The van der Waals surface area contributed by atoms with Crippen molar-refractivity contribution >= 4 is 5.91 Å². The van der Waals surface area contributed by atoms with Gasteiger partial charge in [-0.3, -0.25) is 9.69 Å². The third-order valence-corrected chi connectivity index (χ3v) is 4.42. The van der Waals surface area contributed by atoms with E-state index in [0.29, 0.717) is 18.1 Å². The zero-order chi connectivity index (χ0) is 19.4. The van der Waals surface area contributed by atoms with Crippen molar-refractivity contribution in [2.24, 2.45) is 0 Å². The first-order valence-electron chi connectivity index (χ1n) is 9.11. The van der Waals surface area contributed by atoms with Gasteiger partial charge in [0.05, 0.1) is 7.11 Å². The van der Waals surface area contributed by atoms with E-state index in [1.54, 1.807) is 20.1 Å². The molecule has 1 amide bonds. The lowest BCUT2D eigenvalue weighted by molar-refractivity contribution is 0.0939. The number of carbonyl (C=O) groups excluding carboxylic acids is 1. The van der Waals surface area contributed by atoms with Crippen LogP contribution >= 0.6 is 0 Å². The van der Waals surface area contributed by atoms with Crippen molar-refractivity contribution in [1.29, 1.82) is 0 Å². The second kappa shape index (κ2) is 8.35. The van der Waals surface area contributed by atoms with E-state index >= 15 is 0 Å². The van der Waals surface area contributed by atoms with Gasteiger partial charge in [-0.15, -0.1) is 0 Å². The lowest BCUT2D eigenvalue weighted by Gasteiger charge is -2.21. The van der Waals surface area contributed by atoms with Gasteiger partial charge >= 0.3 is 0 Å². The number of ether oxygens (including phenoxy) is 2. The maximum Gasteiger partial charge on any atom is 0.270 e. The number of hydrogen-bond donors (Lipinski definition) is 1. The molecule has 1 aliphatic heterocycles. The molecule has 1 aliphatic rings. The van der Waals surface area contributed by atoms with Crippen LogP contribution in [-0.4, -0.2) is 53.6 Å². The number of methoxy groups -OCH3 is 1. The van der Waals surface area contributed by atoms with Crippen LogP contribution in [0.5, 0.6) is 11.5 Å². The van der Waals surface area contributed by atoms with Gasteiger partial charge in [0, 0.05) is 43.5 Å². The third kappa shape index (κ3) is 4.95. The molecule has 1 atom stereocenters. The van der Waals surface area contributed by atoms with Gasteiger partial charge < -0.3 is 14.8 Å². The monoisotopic (exact) mass is 370 g/mol. The van der Waals surface area contributed by atoms with Crippen LogP contribution in [0.3, 0.4) is 0 Å². The van der Waals surface area contributed by atoms with Crippen LogP contribution in [0.25, 0.3) is 0 Å². The number of carbonyl (C=O) groups is 1. The topological polar surface area (TPSA) is 76.6 Å². The van der Waals surface area contributed by atoms with Crippen molar-refractivity contribution in [2.75, 3.05) is 26.7 Å². The van der Waals surface area contributed by atoms with Gasteiger partial charge in [-0.1, -0.05) is 6.07 Å². The van der Waals surface area contributed by atoms with E-state index in [1.807, 2.05) is 32.0 Å². The Kier molecular flexibility index (Phi) is 5.91. The summed E-state index contributed by atoms with van der Waals surface area (Å²) >= 11 is 0. The number of fused-ring (bicyclic) bond motifs is 1. The summed E-state index contributed by atoms with van der Waals surface area (Å²) in [6.45, 7) is 8.52. The highest BCUT2D eigenvalue weighted by molar-refractivity contribution is 5.92. The Morgan fingerprint density at radius 2 is 2.15 bits per heavy atom. The Balaban J connectivity index is 1.59. The van der Waals surface area contributed by atoms with E-state index in [0.717, 1.165) is 42.4 Å². The maximum atomic E-state index is 12.3. The molecule has 0 spiro atoms. The van der Waals surface area contributed by atoms with Gasteiger partial charge in [0.15, 0.2) is 0 Å². The van der Waals surface area contributed by atoms with E-state index in [-0.39, 0.29) is 12.0 Å². The summed E-state index contributed by atoms with van der Waals surface area (Å²) in [5.41, 5.74) is 2.32. The number of nitrogens with zero attached hydrogens (tertiary/aromatic N) is 3. The average molecular weight is 370 g/mol. The average Bonchev–Trinajstić information content (AvgIpc) is 2.77. The Labute approximate surface area is 159 Å². The first kappa shape index (κ1) is 19.1. The van der Waals surface area contributed by atoms with Gasteiger partial charge in [-0.2, -0.15) is 0 Å². The molecule has 144 valence electrons. The molecule has 0 unspecified atom stereocenters. The van der Waals surface area contributed by atoms with Gasteiger partial charge in [-0.05, 0) is 32.9 Å².